The standard InChI is InChI=1S/C11H14N2O/c1-8-5-10(7-12-8)3-4-11-6-9(2)14-13-11/h3-6,8,12H,7H2,1-2H3. The lowest BCUT2D eigenvalue weighted by molar-refractivity contribution is 0.396. The minimum absolute atomic E-state index is 0.480. The third-order valence-corrected chi connectivity index (χ3v) is 2.21. The number of hydrogen-bond donors (Lipinski definition) is 1. The maximum atomic E-state index is 4.96. The van der Waals surface area contributed by atoms with Crippen molar-refractivity contribution in [1.82, 2.24) is 10.5 Å². The van der Waals surface area contributed by atoms with E-state index in [9.17, 15) is 0 Å². The van der Waals surface area contributed by atoms with Crippen molar-refractivity contribution in [3.63, 3.8) is 0 Å². The zero-order valence-electron chi connectivity index (χ0n) is 8.45. The SMILES string of the molecule is Cc1cc(C=CC2=CC(C)NC2)no1. The first-order valence-electron chi connectivity index (χ1n) is 4.79. The molecule has 74 valence electrons. The highest BCUT2D eigenvalue weighted by Gasteiger charge is 2.07. The van der Waals surface area contributed by atoms with Crippen molar-refractivity contribution in [3.05, 3.63) is 35.2 Å². The Hall–Kier alpha value is -1.35. The number of rotatable bonds is 2. The first-order valence-corrected chi connectivity index (χ1v) is 4.79. The van der Waals surface area contributed by atoms with E-state index in [2.05, 4.69) is 29.5 Å². The largest absolute Gasteiger partial charge is 0.361 e. The highest BCUT2D eigenvalue weighted by molar-refractivity contribution is 5.50. The predicted octanol–water partition coefficient (Wildman–Crippen LogP) is 1.91. The minimum atomic E-state index is 0.480. The van der Waals surface area contributed by atoms with Crippen LogP contribution >= 0.6 is 0 Å². The average molecular weight is 190 g/mol. The van der Waals surface area contributed by atoms with Crippen molar-refractivity contribution in [1.29, 1.82) is 0 Å². The lowest BCUT2D eigenvalue weighted by atomic mass is 10.2. The van der Waals surface area contributed by atoms with E-state index in [1.54, 1.807) is 0 Å². The maximum absolute atomic E-state index is 4.96. The molecule has 1 aliphatic rings. The molecule has 0 spiro atoms. The van der Waals surface area contributed by atoms with Crippen LogP contribution in [0.3, 0.4) is 0 Å². The van der Waals surface area contributed by atoms with Crippen LogP contribution < -0.4 is 5.32 Å². The second-order valence-corrected chi connectivity index (χ2v) is 3.61. The summed E-state index contributed by atoms with van der Waals surface area (Å²) < 4.78 is 4.96. The van der Waals surface area contributed by atoms with Crippen LogP contribution in [0, 0.1) is 6.92 Å². The Morgan fingerprint density at radius 2 is 2.43 bits per heavy atom. The van der Waals surface area contributed by atoms with Gasteiger partial charge in [0.05, 0.1) is 0 Å². The molecule has 1 N–H and O–H groups in total. The fourth-order valence-electron chi connectivity index (χ4n) is 1.49. The molecular formula is C11H14N2O. The van der Waals surface area contributed by atoms with E-state index in [1.165, 1.54) is 5.57 Å². The molecule has 0 saturated heterocycles. The molecule has 2 heterocycles. The summed E-state index contributed by atoms with van der Waals surface area (Å²) in [6, 6.07) is 2.40. The van der Waals surface area contributed by atoms with Gasteiger partial charge in [0.15, 0.2) is 0 Å². The highest BCUT2D eigenvalue weighted by atomic mass is 16.5. The van der Waals surface area contributed by atoms with Crippen LogP contribution in [0.2, 0.25) is 0 Å². The van der Waals surface area contributed by atoms with E-state index in [0.29, 0.717) is 6.04 Å². The van der Waals surface area contributed by atoms with Gasteiger partial charge in [-0.3, -0.25) is 0 Å². The third-order valence-electron chi connectivity index (χ3n) is 2.21. The van der Waals surface area contributed by atoms with E-state index >= 15 is 0 Å². The maximum Gasteiger partial charge on any atom is 0.134 e. The first-order chi connectivity index (χ1) is 6.74. The monoisotopic (exact) mass is 190 g/mol. The van der Waals surface area contributed by atoms with Gasteiger partial charge in [-0.15, -0.1) is 0 Å². The molecule has 0 amide bonds. The predicted molar refractivity (Wildman–Crippen MR) is 55.8 cm³/mol. The van der Waals surface area contributed by atoms with Crippen molar-refractivity contribution in [2.24, 2.45) is 0 Å². The van der Waals surface area contributed by atoms with E-state index in [0.717, 1.165) is 18.0 Å². The van der Waals surface area contributed by atoms with Crippen LogP contribution in [0.15, 0.2) is 28.3 Å². The summed E-state index contributed by atoms with van der Waals surface area (Å²) in [6.07, 6.45) is 6.26. The van der Waals surface area contributed by atoms with Gasteiger partial charge in [0.2, 0.25) is 0 Å². The molecule has 1 aromatic heterocycles. The van der Waals surface area contributed by atoms with Crippen LogP contribution in [0.4, 0.5) is 0 Å². The van der Waals surface area contributed by atoms with Crippen LogP contribution in [-0.2, 0) is 0 Å². The molecule has 0 saturated carbocycles. The van der Waals surface area contributed by atoms with Crippen molar-refractivity contribution in [2.75, 3.05) is 6.54 Å². The average Bonchev–Trinajstić information content (AvgIpc) is 2.72. The lowest BCUT2D eigenvalue weighted by Crippen LogP contribution is -2.17. The summed E-state index contributed by atoms with van der Waals surface area (Å²) in [6.45, 7) is 4.97. The molecular weight excluding hydrogens is 176 g/mol. The zero-order chi connectivity index (χ0) is 9.97. The number of nitrogens with zero attached hydrogens (tertiary/aromatic N) is 1. The number of hydrogen-bond acceptors (Lipinski definition) is 3. The Labute approximate surface area is 83.5 Å². The van der Waals surface area contributed by atoms with Crippen LogP contribution in [0.5, 0.6) is 0 Å². The summed E-state index contributed by atoms with van der Waals surface area (Å²) in [4.78, 5) is 0. The molecule has 0 bridgehead atoms. The third kappa shape index (κ3) is 2.12. The summed E-state index contributed by atoms with van der Waals surface area (Å²) in [5, 5.41) is 7.21. The minimum Gasteiger partial charge on any atom is -0.361 e. The van der Waals surface area contributed by atoms with Crippen LogP contribution in [-0.4, -0.2) is 17.7 Å². The molecule has 1 aliphatic heterocycles. The van der Waals surface area contributed by atoms with E-state index in [4.69, 9.17) is 4.52 Å². The lowest BCUT2D eigenvalue weighted by Gasteiger charge is -1.94. The van der Waals surface area contributed by atoms with Gasteiger partial charge >= 0.3 is 0 Å². The number of nitrogens with one attached hydrogen (secondary N) is 1. The Morgan fingerprint density at radius 3 is 3.00 bits per heavy atom. The Bertz CT molecular complexity index is 376. The van der Waals surface area contributed by atoms with Crippen LogP contribution in [0.1, 0.15) is 18.4 Å². The van der Waals surface area contributed by atoms with Crippen molar-refractivity contribution in [3.8, 4) is 0 Å². The quantitative estimate of drug-likeness (QED) is 0.774. The zero-order valence-corrected chi connectivity index (χ0v) is 8.45. The van der Waals surface area contributed by atoms with Crippen LogP contribution in [0.25, 0.3) is 6.08 Å². The molecule has 1 unspecified atom stereocenters. The normalized spacial score (nSPS) is 21.9. The Morgan fingerprint density at radius 1 is 1.57 bits per heavy atom. The van der Waals surface area contributed by atoms with Crippen molar-refractivity contribution >= 4 is 6.08 Å². The molecule has 1 atom stereocenters. The molecule has 3 nitrogen and oxygen atoms in total. The fraction of sp³-hybridized carbons (Fsp3) is 0.364. The second-order valence-electron chi connectivity index (χ2n) is 3.61. The van der Waals surface area contributed by atoms with Gasteiger partial charge in [-0.2, -0.15) is 0 Å². The van der Waals surface area contributed by atoms with Gasteiger partial charge < -0.3 is 9.84 Å². The van der Waals surface area contributed by atoms with Gasteiger partial charge in [0, 0.05) is 18.7 Å². The molecule has 0 aliphatic carbocycles. The smallest absolute Gasteiger partial charge is 0.134 e. The summed E-state index contributed by atoms with van der Waals surface area (Å²) in [5.74, 6) is 0.844. The van der Waals surface area contributed by atoms with Gasteiger partial charge in [-0.05, 0) is 25.5 Å². The molecule has 14 heavy (non-hydrogen) atoms. The van der Waals surface area contributed by atoms with Crippen molar-refractivity contribution < 1.29 is 4.52 Å². The van der Waals surface area contributed by atoms with Crippen molar-refractivity contribution in [2.45, 2.75) is 19.9 Å². The first kappa shape index (κ1) is 9.21. The van der Waals surface area contributed by atoms with E-state index in [1.807, 2.05) is 19.1 Å². The molecule has 0 fully saturated rings. The fourth-order valence-corrected chi connectivity index (χ4v) is 1.49. The molecule has 1 aromatic rings. The Kier molecular flexibility index (Phi) is 2.50. The topological polar surface area (TPSA) is 38.1 Å². The van der Waals surface area contributed by atoms with Gasteiger partial charge in [0.25, 0.3) is 0 Å². The highest BCUT2D eigenvalue weighted by Crippen LogP contribution is 2.09. The van der Waals surface area contributed by atoms with Gasteiger partial charge in [-0.1, -0.05) is 17.3 Å². The summed E-state index contributed by atoms with van der Waals surface area (Å²) >= 11 is 0. The van der Waals surface area contributed by atoms with Gasteiger partial charge in [-0.25, -0.2) is 0 Å². The number of aryl methyl sites for hydroxylation is 1. The molecule has 2 rings (SSSR count). The van der Waals surface area contributed by atoms with E-state index < -0.39 is 0 Å². The summed E-state index contributed by atoms with van der Waals surface area (Å²) in [5.41, 5.74) is 2.18. The summed E-state index contributed by atoms with van der Waals surface area (Å²) in [7, 11) is 0. The second kappa shape index (κ2) is 3.80. The number of aromatic nitrogens is 1. The molecule has 3 heteroatoms. The Balaban J connectivity index is 2.04. The van der Waals surface area contributed by atoms with Gasteiger partial charge in [0.1, 0.15) is 11.5 Å². The van der Waals surface area contributed by atoms with E-state index in [-0.39, 0.29) is 0 Å². The molecule has 0 aromatic carbocycles. The molecule has 0 radical (unpaired) electrons.